The third-order valence-corrected chi connectivity index (χ3v) is 5.42. The summed E-state index contributed by atoms with van der Waals surface area (Å²) in [5.41, 5.74) is 1.36. The van der Waals surface area contributed by atoms with Crippen LogP contribution in [0.4, 0.5) is 19.0 Å². The van der Waals surface area contributed by atoms with Gasteiger partial charge in [-0.1, -0.05) is 0 Å². The second kappa shape index (κ2) is 7.20. The molecule has 28 heavy (non-hydrogen) atoms. The smallest absolute Gasteiger partial charge is 0.418 e. The van der Waals surface area contributed by atoms with Crippen molar-refractivity contribution < 1.29 is 18.3 Å². The van der Waals surface area contributed by atoms with Crippen molar-refractivity contribution in [2.24, 2.45) is 0 Å². The number of anilines is 1. The van der Waals surface area contributed by atoms with Crippen molar-refractivity contribution in [2.75, 3.05) is 25.5 Å². The molecule has 2 aromatic heterocycles. The number of nitrogens with zero attached hydrogens (tertiary/aromatic N) is 4. The van der Waals surface area contributed by atoms with E-state index in [9.17, 15) is 18.3 Å². The van der Waals surface area contributed by atoms with Gasteiger partial charge in [0.2, 0.25) is 0 Å². The second-order valence-electron chi connectivity index (χ2n) is 7.54. The predicted octanol–water partition coefficient (Wildman–Crippen LogP) is 3.26. The topological polar surface area (TPSA) is 74.2 Å². The summed E-state index contributed by atoms with van der Waals surface area (Å²) in [6.07, 6.45) is 0.816. The summed E-state index contributed by atoms with van der Waals surface area (Å²) in [5, 5.41) is 22.2. The molecule has 1 aliphatic carbocycles. The van der Waals surface area contributed by atoms with Crippen LogP contribution in [0.3, 0.4) is 0 Å². The molecule has 1 atom stereocenters. The molecule has 2 aliphatic rings. The van der Waals surface area contributed by atoms with Crippen LogP contribution < -0.4 is 5.32 Å². The number of aromatic nitrogens is 3. The first-order valence-corrected chi connectivity index (χ1v) is 9.43. The number of hydrogen-bond donors (Lipinski definition) is 2. The normalized spacial score (nSPS) is 20.2. The molecule has 2 N–H and O–H groups in total. The van der Waals surface area contributed by atoms with Gasteiger partial charge in [0.05, 0.1) is 5.56 Å². The maximum absolute atomic E-state index is 12.8. The standard InChI is InChI=1S/C19H22F3N5O/c1-27-7-3-4-12(10-27)24-18-14-6-2-5-13(14)16(25-26-18)17-15(28)8-11(9-23-17)19(20,21)22/h8-9,12,28H,2-7,10H2,1H3,(H,24,26). The average Bonchev–Trinajstić information content (AvgIpc) is 3.12. The van der Waals surface area contributed by atoms with E-state index >= 15 is 0 Å². The van der Waals surface area contributed by atoms with E-state index in [2.05, 4.69) is 32.4 Å². The zero-order valence-electron chi connectivity index (χ0n) is 15.6. The Bertz CT molecular complexity index is 887. The lowest BCUT2D eigenvalue weighted by Crippen LogP contribution is -2.40. The number of likely N-dealkylation sites (N-methyl/N-ethyl adjacent to an activating group) is 1. The monoisotopic (exact) mass is 393 g/mol. The van der Waals surface area contributed by atoms with Crippen LogP contribution in [0.2, 0.25) is 0 Å². The molecule has 9 heteroatoms. The SMILES string of the molecule is CN1CCCC(Nc2nnc(-c3ncc(C(F)(F)F)cc3O)c3c2CCC3)C1. The fourth-order valence-corrected chi connectivity index (χ4v) is 4.06. The van der Waals surface area contributed by atoms with Crippen molar-refractivity contribution in [1.29, 1.82) is 0 Å². The highest BCUT2D eigenvalue weighted by molar-refractivity contribution is 5.70. The Morgan fingerprint density at radius 1 is 1.14 bits per heavy atom. The van der Waals surface area contributed by atoms with E-state index in [4.69, 9.17) is 0 Å². The Morgan fingerprint density at radius 2 is 1.93 bits per heavy atom. The van der Waals surface area contributed by atoms with Gasteiger partial charge in [0.15, 0.2) is 5.82 Å². The molecule has 0 aromatic carbocycles. The van der Waals surface area contributed by atoms with Gasteiger partial charge in [-0.05, 0) is 57.3 Å². The van der Waals surface area contributed by atoms with Crippen molar-refractivity contribution in [2.45, 2.75) is 44.3 Å². The number of halogens is 3. The maximum Gasteiger partial charge on any atom is 0.418 e. The Balaban J connectivity index is 1.66. The van der Waals surface area contributed by atoms with Crippen LogP contribution in [-0.4, -0.2) is 51.4 Å². The maximum atomic E-state index is 12.8. The summed E-state index contributed by atoms with van der Waals surface area (Å²) in [5.74, 6) is 0.204. The molecule has 6 nitrogen and oxygen atoms in total. The average molecular weight is 393 g/mol. The zero-order valence-corrected chi connectivity index (χ0v) is 15.6. The van der Waals surface area contributed by atoms with Gasteiger partial charge in [-0.25, -0.2) is 4.98 Å². The van der Waals surface area contributed by atoms with Gasteiger partial charge in [0.1, 0.15) is 17.1 Å². The Morgan fingerprint density at radius 3 is 2.64 bits per heavy atom. The molecule has 1 fully saturated rings. The molecule has 3 heterocycles. The van der Waals surface area contributed by atoms with E-state index in [-0.39, 0.29) is 5.69 Å². The molecular weight excluding hydrogens is 371 g/mol. The minimum absolute atomic E-state index is 0.0441. The molecule has 150 valence electrons. The van der Waals surface area contributed by atoms with E-state index in [0.29, 0.717) is 17.8 Å². The molecule has 0 radical (unpaired) electrons. The number of fused-ring (bicyclic) bond motifs is 1. The second-order valence-corrected chi connectivity index (χ2v) is 7.54. The van der Waals surface area contributed by atoms with Crippen LogP contribution in [0.25, 0.3) is 11.4 Å². The minimum atomic E-state index is -4.56. The molecule has 0 amide bonds. The van der Waals surface area contributed by atoms with E-state index in [0.717, 1.165) is 68.3 Å². The molecule has 1 unspecified atom stereocenters. The van der Waals surface area contributed by atoms with E-state index in [1.54, 1.807) is 0 Å². The fraction of sp³-hybridized carbons (Fsp3) is 0.526. The van der Waals surface area contributed by atoms with Crippen LogP contribution in [0, 0.1) is 0 Å². The zero-order chi connectivity index (χ0) is 19.9. The van der Waals surface area contributed by atoms with Crippen molar-refractivity contribution >= 4 is 5.82 Å². The summed E-state index contributed by atoms with van der Waals surface area (Å²) in [6.45, 7) is 2.01. The Hall–Kier alpha value is -2.42. The van der Waals surface area contributed by atoms with Crippen molar-refractivity contribution in [1.82, 2.24) is 20.1 Å². The van der Waals surface area contributed by atoms with Gasteiger partial charge in [-0.2, -0.15) is 13.2 Å². The molecule has 0 spiro atoms. The van der Waals surface area contributed by atoms with Crippen LogP contribution in [0.15, 0.2) is 12.3 Å². The molecule has 4 rings (SSSR count). The van der Waals surface area contributed by atoms with Crippen molar-refractivity contribution in [3.8, 4) is 17.1 Å². The van der Waals surface area contributed by atoms with Crippen molar-refractivity contribution in [3.05, 3.63) is 29.0 Å². The molecule has 0 saturated carbocycles. The predicted molar refractivity (Wildman–Crippen MR) is 98.1 cm³/mol. The Labute approximate surface area is 160 Å². The summed E-state index contributed by atoms with van der Waals surface area (Å²) in [6, 6.07) is 0.983. The first-order valence-electron chi connectivity index (χ1n) is 9.43. The quantitative estimate of drug-likeness (QED) is 0.834. The van der Waals surface area contributed by atoms with E-state index in [1.165, 1.54) is 0 Å². The highest BCUT2D eigenvalue weighted by atomic mass is 19.4. The van der Waals surface area contributed by atoms with Gasteiger partial charge in [0.25, 0.3) is 0 Å². The molecule has 0 bridgehead atoms. The summed E-state index contributed by atoms with van der Waals surface area (Å²) in [7, 11) is 2.09. The van der Waals surface area contributed by atoms with Gasteiger partial charge in [-0.15, -0.1) is 10.2 Å². The van der Waals surface area contributed by atoms with Gasteiger partial charge < -0.3 is 15.3 Å². The number of aromatic hydroxyl groups is 1. The van der Waals surface area contributed by atoms with Crippen LogP contribution in [-0.2, 0) is 19.0 Å². The number of likely N-dealkylation sites (tertiary alicyclic amines) is 1. The van der Waals surface area contributed by atoms with Gasteiger partial charge >= 0.3 is 6.18 Å². The number of alkyl halides is 3. The van der Waals surface area contributed by atoms with E-state index < -0.39 is 17.5 Å². The molecular formula is C19H22F3N5O. The van der Waals surface area contributed by atoms with Crippen LogP contribution in [0.5, 0.6) is 5.75 Å². The largest absolute Gasteiger partial charge is 0.506 e. The van der Waals surface area contributed by atoms with Gasteiger partial charge in [0, 0.05) is 24.3 Å². The third kappa shape index (κ3) is 3.63. The first-order chi connectivity index (χ1) is 13.3. The number of piperidine rings is 1. The third-order valence-electron chi connectivity index (χ3n) is 5.42. The van der Waals surface area contributed by atoms with Crippen LogP contribution in [0.1, 0.15) is 36.0 Å². The lowest BCUT2D eigenvalue weighted by molar-refractivity contribution is -0.137. The lowest BCUT2D eigenvalue weighted by atomic mass is 10.0. The fourth-order valence-electron chi connectivity index (χ4n) is 4.06. The number of pyridine rings is 1. The van der Waals surface area contributed by atoms with Crippen LogP contribution >= 0.6 is 0 Å². The molecule has 1 aliphatic heterocycles. The lowest BCUT2D eigenvalue weighted by Gasteiger charge is -2.31. The van der Waals surface area contributed by atoms with Crippen molar-refractivity contribution in [3.63, 3.8) is 0 Å². The Kier molecular flexibility index (Phi) is 4.86. The molecule has 1 saturated heterocycles. The summed E-state index contributed by atoms with van der Waals surface area (Å²) >= 11 is 0. The van der Waals surface area contributed by atoms with Gasteiger partial charge in [-0.3, -0.25) is 0 Å². The summed E-state index contributed by atoms with van der Waals surface area (Å²) < 4.78 is 38.5. The first kappa shape index (κ1) is 18.9. The highest BCUT2D eigenvalue weighted by Crippen LogP contribution is 2.39. The number of nitrogens with one attached hydrogen (secondary N) is 1. The number of rotatable bonds is 3. The number of hydrogen-bond acceptors (Lipinski definition) is 6. The highest BCUT2D eigenvalue weighted by Gasteiger charge is 2.33. The van der Waals surface area contributed by atoms with E-state index in [1.807, 2.05) is 0 Å². The minimum Gasteiger partial charge on any atom is -0.506 e. The summed E-state index contributed by atoms with van der Waals surface area (Å²) in [4.78, 5) is 6.12. The molecule has 2 aromatic rings.